The van der Waals surface area contributed by atoms with Gasteiger partial charge in [0.05, 0.1) is 12.2 Å². The van der Waals surface area contributed by atoms with Crippen molar-refractivity contribution >= 4 is 27.8 Å². The Kier molecular flexibility index (Phi) is 9.54. The van der Waals surface area contributed by atoms with Crippen LogP contribution in [0.25, 0.3) is 0 Å². The molecule has 0 bridgehead atoms. The van der Waals surface area contributed by atoms with Crippen molar-refractivity contribution in [2.24, 2.45) is 5.92 Å². The Morgan fingerprint density at radius 3 is 2.17 bits per heavy atom. The lowest BCUT2D eigenvalue weighted by molar-refractivity contribution is -0.138. The first kappa shape index (κ1) is 30.7. The van der Waals surface area contributed by atoms with Crippen molar-refractivity contribution < 1.29 is 27.9 Å². The number of aliphatic carboxylic acids is 1. The number of sulfonamides is 1. The second kappa shape index (κ2) is 12.7. The molecular weight excluding hydrogens is 542 g/mol. The topological polar surface area (TPSA) is 124 Å². The molecule has 2 amide bonds. The summed E-state index contributed by atoms with van der Waals surface area (Å²) in [6, 6.07) is 15.2. The molecule has 0 spiro atoms. The van der Waals surface area contributed by atoms with E-state index in [9.17, 15) is 27.9 Å². The van der Waals surface area contributed by atoms with Gasteiger partial charge in [-0.1, -0.05) is 82.5 Å². The van der Waals surface area contributed by atoms with Gasteiger partial charge in [-0.05, 0) is 47.4 Å². The van der Waals surface area contributed by atoms with Crippen molar-refractivity contribution in [2.75, 3.05) is 13.1 Å². The standard InChI is InChI=1S/C31H41N3O6S/c1-31(2,3)25-16-14-24(15-17-25)30(38)33-18-19-34(41(39,40)21-22-10-6-4-7-11-22)29(33)28(37)32-26(20-27(35)36)23-12-8-5-9-13-23/h4,6-7,10-11,14-17,23,26,29H,5,8-9,12-13,18-21H2,1-3H3,(H,32,37)(H,35,36). The molecule has 2 aliphatic rings. The Morgan fingerprint density at radius 1 is 0.951 bits per heavy atom. The van der Waals surface area contributed by atoms with Gasteiger partial charge < -0.3 is 15.3 Å². The Hall–Kier alpha value is -3.24. The lowest BCUT2D eigenvalue weighted by Crippen LogP contribution is -2.57. The van der Waals surface area contributed by atoms with Crippen LogP contribution in [0.4, 0.5) is 0 Å². The van der Waals surface area contributed by atoms with Gasteiger partial charge in [0.15, 0.2) is 6.17 Å². The number of hydrogen-bond donors (Lipinski definition) is 2. The molecule has 2 aromatic carbocycles. The minimum atomic E-state index is -4.00. The van der Waals surface area contributed by atoms with Crippen LogP contribution in [-0.4, -0.2) is 65.8 Å². The van der Waals surface area contributed by atoms with E-state index in [1.54, 1.807) is 42.5 Å². The molecule has 2 unspecified atom stereocenters. The summed E-state index contributed by atoms with van der Waals surface area (Å²) in [6.45, 7) is 6.21. The first-order valence-electron chi connectivity index (χ1n) is 14.3. The van der Waals surface area contributed by atoms with Crippen molar-refractivity contribution in [3.05, 3.63) is 71.3 Å². The van der Waals surface area contributed by atoms with Crippen LogP contribution < -0.4 is 5.32 Å². The van der Waals surface area contributed by atoms with Crippen LogP contribution in [0.5, 0.6) is 0 Å². The van der Waals surface area contributed by atoms with Gasteiger partial charge in [-0.3, -0.25) is 14.4 Å². The van der Waals surface area contributed by atoms with E-state index in [4.69, 9.17) is 0 Å². The monoisotopic (exact) mass is 583 g/mol. The highest BCUT2D eigenvalue weighted by molar-refractivity contribution is 7.88. The van der Waals surface area contributed by atoms with Gasteiger partial charge in [0.1, 0.15) is 0 Å². The molecular formula is C31H41N3O6S. The summed E-state index contributed by atoms with van der Waals surface area (Å²) in [5.74, 6) is -2.49. The molecule has 0 radical (unpaired) electrons. The van der Waals surface area contributed by atoms with Crippen molar-refractivity contribution in [1.82, 2.24) is 14.5 Å². The smallest absolute Gasteiger partial charge is 0.305 e. The second-order valence-electron chi connectivity index (χ2n) is 12.2. The molecule has 2 N–H and O–H groups in total. The van der Waals surface area contributed by atoms with Crippen molar-refractivity contribution in [1.29, 1.82) is 0 Å². The maximum absolute atomic E-state index is 13.9. The number of carbonyl (C=O) groups is 3. The Labute approximate surface area is 243 Å². The lowest BCUT2D eigenvalue weighted by atomic mass is 9.82. The molecule has 222 valence electrons. The number of benzene rings is 2. The Bertz CT molecular complexity index is 1330. The number of nitrogens with one attached hydrogen (secondary N) is 1. The maximum atomic E-state index is 13.9. The molecule has 0 aromatic heterocycles. The number of rotatable bonds is 9. The fourth-order valence-corrected chi connectivity index (χ4v) is 7.50. The number of hydrogen-bond acceptors (Lipinski definition) is 5. The van der Waals surface area contributed by atoms with E-state index >= 15 is 0 Å². The van der Waals surface area contributed by atoms with Gasteiger partial charge in [-0.15, -0.1) is 0 Å². The number of amides is 2. The average Bonchev–Trinajstić information content (AvgIpc) is 3.39. The SMILES string of the molecule is CC(C)(C)c1ccc(C(=O)N2CCN(S(=O)(=O)Cc3ccccc3)C2C(=O)NC(CC(=O)O)C2CCCCC2)cc1. The van der Waals surface area contributed by atoms with Crippen molar-refractivity contribution in [3.63, 3.8) is 0 Å². The van der Waals surface area contributed by atoms with Crippen LogP contribution in [-0.2, 0) is 30.8 Å². The Balaban J connectivity index is 1.65. The maximum Gasteiger partial charge on any atom is 0.305 e. The quantitative estimate of drug-likeness (QED) is 0.457. The number of carboxylic acids is 1. The molecule has 1 aliphatic heterocycles. The molecule has 9 nitrogen and oxygen atoms in total. The van der Waals surface area contributed by atoms with Gasteiger partial charge in [0.2, 0.25) is 10.0 Å². The highest BCUT2D eigenvalue weighted by atomic mass is 32.2. The molecule has 1 heterocycles. The third-order valence-corrected chi connectivity index (χ3v) is 9.91. The summed E-state index contributed by atoms with van der Waals surface area (Å²) < 4.78 is 28.4. The van der Waals surface area contributed by atoms with Gasteiger partial charge in [0, 0.05) is 24.7 Å². The summed E-state index contributed by atoms with van der Waals surface area (Å²) in [7, 11) is -4.00. The molecule has 10 heteroatoms. The van der Waals surface area contributed by atoms with Crippen LogP contribution >= 0.6 is 0 Å². The molecule has 1 aliphatic carbocycles. The van der Waals surface area contributed by atoms with E-state index in [-0.39, 0.29) is 36.6 Å². The second-order valence-corrected chi connectivity index (χ2v) is 14.1. The zero-order valence-electron chi connectivity index (χ0n) is 24.1. The molecule has 2 aromatic rings. The van der Waals surface area contributed by atoms with Gasteiger partial charge in [-0.25, -0.2) is 8.42 Å². The Morgan fingerprint density at radius 2 is 1.59 bits per heavy atom. The van der Waals surface area contributed by atoms with Crippen molar-refractivity contribution in [3.8, 4) is 0 Å². The summed E-state index contributed by atoms with van der Waals surface area (Å²) in [6.07, 6.45) is 2.87. The molecule has 4 rings (SSSR count). The van der Waals surface area contributed by atoms with Crippen LogP contribution in [0.3, 0.4) is 0 Å². The minimum absolute atomic E-state index is 0.0197. The number of carbonyl (C=O) groups excluding carboxylic acids is 2. The van der Waals surface area contributed by atoms with Crippen LogP contribution in [0.15, 0.2) is 54.6 Å². The average molecular weight is 584 g/mol. The zero-order chi connectivity index (χ0) is 29.8. The third-order valence-electron chi connectivity index (χ3n) is 8.11. The molecule has 1 saturated carbocycles. The zero-order valence-corrected chi connectivity index (χ0v) is 24.9. The van der Waals surface area contributed by atoms with Crippen molar-refractivity contribution in [2.45, 2.75) is 82.7 Å². The highest BCUT2D eigenvalue weighted by Crippen LogP contribution is 2.30. The number of nitrogens with zero attached hydrogens (tertiary/aromatic N) is 2. The summed E-state index contributed by atoms with van der Waals surface area (Å²) in [5.41, 5.74) is 1.85. The van der Waals surface area contributed by atoms with Gasteiger partial charge in [-0.2, -0.15) is 4.31 Å². The fourth-order valence-electron chi connectivity index (χ4n) is 5.85. The van der Waals surface area contributed by atoms with Gasteiger partial charge >= 0.3 is 5.97 Å². The predicted molar refractivity (Wildman–Crippen MR) is 156 cm³/mol. The van der Waals surface area contributed by atoms with Gasteiger partial charge in [0.25, 0.3) is 11.8 Å². The van der Waals surface area contributed by atoms with E-state index in [1.165, 1.54) is 4.90 Å². The highest BCUT2D eigenvalue weighted by Gasteiger charge is 2.47. The first-order valence-corrected chi connectivity index (χ1v) is 15.9. The molecule has 1 saturated heterocycles. The predicted octanol–water partition coefficient (Wildman–Crippen LogP) is 4.14. The minimum Gasteiger partial charge on any atom is -0.481 e. The van der Waals surface area contributed by atoms with E-state index in [2.05, 4.69) is 26.1 Å². The fraction of sp³-hybridized carbons (Fsp3) is 0.516. The number of carboxylic acid groups (broad SMARTS) is 1. The van der Waals surface area contributed by atoms with Crippen LogP contribution in [0.2, 0.25) is 0 Å². The van der Waals surface area contributed by atoms with E-state index in [1.807, 2.05) is 12.1 Å². The van der Waals surface area contributed by atoms with E-state index in [0.29, 0.717) is 11.1 Å². The first-order chi connectivity index (χ1) is 19.4. The molecule has 41 heavy (non-hydrogen) atoms. The van der Waals surface area contributed by atoms with Crippen LogP contribution in [0, 0.1) is 5.92 Å². The van der Waals surface area contributed by atoms with Crippen LogP contribution in [0.1, 0.15) is 80.8 Å². The van der Waals surface area contributed by atoms with E-state index < -0.39 is 40.0 Å². The largest absolute Gasteiger partial charge is 0.481 e. The lowest BCUT2D eigenvalue weighted by Gasteiger charge is -2.34. The normalized spacial score (nSPS) is 19.6. The summed E-state index contributed by atoms with van der Waals surface area (Å²) in [5, 5.41) is 12.5. The third kappa shape index (κ3) is 7.54. The molecule has 2 fully saturated rings. The molecule has 2 atom stereocenters. The van der Waals surface area contributed by atoms with E-state index in [0.717, 1.165) is 42.0 Å². The summed E-state index contributed by atoms with van der Waals surface area (Å²) in [4.78, 5) is 40.7. The summed E-state index contributed by atoms with van der Waals surface area (Å²) >= 11 is 0.